The summed E-state index contributed by atoms with van der Waals surface area (Å²) in [7, 11) is 0. The second-order valence-electron chi connectivity index (χ2n) is 4.32. The molecule has 0 radical (unpaired) electrons. The summed E-state index contributed by atoms with van der Waals surface area (Å²) in [6.07, 6.45) is 5.23. The Labute approximate surface area is 84.3 Å². The molecule has 2 nitrogen and oxygen atoms in total. The van der Waals surface area contributed by atoms with Gasteiger partial charge in [0.1, 0.15) is 5.78 Å². The van der Waals surface area contributed by atoms with Crippen molar-refractivity contribution in [3.8, 4) is 0 Å². The molecule has 3 unspecified atom stereocenters. The quantitative estimate of drug-likeness (QED) is 0.561. The molecule has 13 heavy (non-hydrogen) atoms. The normalized spacial score (nSPS) is 41.7. The van der Waals surface area contributed by atoms with Crippen molar-refractivity contribution in [2.75, 3.05) is 0 Å². The fourth-order valence-electron chi connectivity index (χ4n) is 2.64. The minimum atomic E-state index is 0.230. The second-order valence-corrected chi connectivity index (χ2v) is 4.71. The Hall–Kier alpha value is -0.0800. The zero-order valence-corrected chi connectivity index (χ0v) is 8.76. The van der Waals surface area contributed by atoms with E-state index < -0.39 is 0 Å². The standard InChI is InChI=1S/C10H16ClNO/c1-7-6-10(13)8-4-2-3-5-9(8)12(7)11/h7-9H,2-6H2,1H3. The number of nitrogens with zero attached hydrogens (tertiary/aromatic N) is 1. The molecule has 1 aliphatic heterocycles. The van der Waals surface area contributed by atoms with Crippen molar-refractivity contribution in [1.82, 2.24) is 4.42 Å². The highest BCUT2D eigenvalue weighted by molar-refractivity contribution is 6.14. The molecule has 0 aromatic carbocycles. The van der Waals surface area contributed by atoms with Crippen LogP contribution in [0.3, 0.4) is 0 Å². The molecule has 1 aliphatic carbocycles. The van der Waals surface area contributed by atoms with Crippen LogP contribution in [0.25, 0.3) is 0 Å². The van der Waals surface area contributed by atoms with Gasteiger partial charge < -0.3 is 0 Å². The van der Waals surface area contributed by atoms with Crippen LogP contribution in [0.15, 0.2) is 0 Å². The number of ketones is 1. The first-order valence-electron chi connectivity index (χ1n) is 5.17. The summed E-state index contributed by atoms with van der Waals surface area (Å²) >= 11 is 6.19. The van der Waals surface area contributed by atoms with Gasteiger partial charge in [0, 0.05) is 24.4 Å². The van der Waals surface area contributed by atoms with E-state index in [1.165, 1.54) is 12.8 Å². The Balaban J connectivity index is 2.15. The Kier molecular flexibility index (Phi) is 2.61. The summed E-state index contributed by atoms with van der Waals surface area (Å²) in [6.45, 7) is 2.04. The third-order valence-corrected chi connectivity index (χ3v) is 3.96. The van der Waals surface area contributed by atoms with Crippen LogP contribution >= 0.6 is 11.8 Å². The summed E-state index contributed by atoms with van der Waals surface area (Å²) in [5, 5.41) is 0. The molecule has 1 saturated carbocycles. The zero-order valence-electron chi connectivity index (χ0n) is 8.00. The molecule has 3 heteroatoms. The van der Waals surface area contributed by atoms with E-state index >= 15 is 0 Å². The van der Waals surface area contributed by atoms with Crippen LogP contribution < -0.4 is 0 Å². The summed E-state index contributed by atoms with van der Waals surface area (Å²) in [5.74, 6) is 0.677. The van der Waals surface area contributed by atoms with E-state index in [4.69, 9.17) is 11.8 Å². The maximum absolute atomic E-state index is 11.7. The molecule has 0 amide bonds. The van der Waals surface area contributed by atoms with E-state index in [9.17, 15) is 4.79 Å². The zero-order chi connectivity index (χ0) is 9.42. The van der Waals surface area contributed by atoms with Crippen LogP contribution in [-0.2, 0) is 4.79 Å². The molecular weight excluding hydrogens is 186 g/mol. The lowest BCUT2D eigenvalue weighted by molar-refractivity contribution is -0.130. The minimum absolute atomic E-state index is 0.230. The van der Waals surface area contributed by atoms with Crippen LogP contribution in [0.2, 0.25) is 0 Å². The van der Waals surface area contributed by atoms with Gasteiger partial charge in [0.15, 0.2) is 0 Å². The third-order valence-electron chi connectivity index (χ3n) is 3.38. The van der Waals surface area contributed by atoms with Gasteiger partial charge in [-0.2, -0.15) is 0 Å². The number of carbonyl (C=O) groups excluding carboxylic acids is 1. The lowest BCUT2D eigenvalue weighted by Gasteiger charge is -2.42. The lowest BCUT2D eigenvalue weighted by atomic mass is 9.77. The van der Waals surface area contributed by atoms with Gasteiger partial charge >= 0.3 is 0 Å². The van der Waals surface area contributed by atoms with Crippen molar-refractivity contribution in [1.29, 1.82) is 0 Å². The molecule has 1 heterocycles. The highest BCUT2D eigenvalue weighted by atomic mass is 35.5. The monoisotopic (exact) mass is 201 g/mol. The van der Waals surface area contributed by atoms with E-state index in [0.29, 0.717) is 18.2 Å². The number of fused-ring (bicyclic) bond motifs is 1. The maximum atomic E-state index is 11.7. The van der Waals surface area contributed by atoms with Gasteiger partial charge in [0.2, 0.25) is 0 Å². The summed E-state index contributed by atoms with van der Waals surface area (Å²) in [5.41, 5.74) is 0. The molecule has 0 N–H and O–H groups in total. The Morgan fingerprint density at radius 2 is 2.08 bits per heavy atom. The molecule has 2 rings (SSSR count). The molecule has 74 valence electrons. The van der Waals surface area contributed by atoms with Gasteiger partial charge in [-0.05, 0) is 31.5 Å². The SMILES string of the molecule is CC1CC(=O)C2CCCCC2N1Cl. The first kappa shape index (κ1) is 9.47. The Morgan fingerprint density at radius 1 is 1.38 bits per heavy atom. The topological polar surface area (TPSA) is 20.3 Å². The molecule has 2 aliphatic rings. The van der Waals surface area contributed by atoms with Crippen molar-refractivity contribution in [2.45, 2.75) is 51.1 Å². The van der Waals surface area contributed by atoms with Crippen LogP contribution in [0.4, 0.5) is 0 Å². The first-order chi connectivity index (χ1) is 6.20. The van der Waals surface area contributed by atoms with Crippen molar-refractivity contribution < 1.29 is 4.79 Å². The van der Waals surface area contributed by atoms with Crippen molar-refractivity contribution >= 4 is 17.6 Å². The number of piperidine rings is 1. The highest BCUT2D eigenvalue weighted by Crippen LogP contribution is 2.36. The minimum Gasteiger partial charge on any atom is -0.299 e. The van der Waals surface area contributed by atoms with Crippen molar-refractivity contribution in [3.63, 3.8) is 0 Å². The Bertz CT molecular complexity index is 219. The molecule has 2 fully saturated rings. The predicted octanol–water partition coefficient (Wildman–Crippen LogP) is 2.36. The van der Waals surface area contributed by atoms with Crippen LogP contribution in [0.5, 0.6) is 0 Å². The fraction of sp³-hybridized carbons (Fsp3) is 0.900. The van der Waals surface area contributed by atoms with E-state index in [2.05, 4.69) is 0 Å². The van der Waals surface area contributed by atoms with Gasteiger partial charge in [-0.1, -0.05) is 12.8 Å². The molecule has 0 aromatic rings. The molecular formula is C10H16ClNO. The van der Waals surface area contributed by atoms with Crippen LogP contribution in [-0.4, -0.2) is 22.3 Å². The number of halogens is 1. The average Bonchev–Trinajstić information content (AvgIpc) is 2.15. The third kappa shape index (κ3) is 1.62. The highest BCUT2D eigenvalue weighted by Gasteiger charge is 2.40. The fourth-order valence-corrected chi connectivity index (χ4v) is 2.94. The molecule has 0 bridgehead atoms. The largest absolute Gasteiger partial charge is 0.299 e. The van der Waals surface area contributed by atoms with Crippen LogP contribution in [0, 0.1) is 5.92 Å². The molecule has 3 atom stereocenters. The van der Waals surface area contributed by atoms with E-state index in [1.54, 1.807) is 0 Å². The predicted molar refractivity (Wildman–Crippen MR) is 52.5 cm³/mol. The van der Waals surface area contributed by atoms with Crippen LogP contribution in [0.1, 0.15) is 39.0 Å². The second kappa shape index (κ2) is 3.58. The van der Waals surface area contributed by atoms with E-state index in [-0.39, 0.29) is 12.0 Å². The number of hydrogen-bond donors (Lipinski definition) is 0. The van der Waals surface area contributed by atoms with E-state index in [0.717, 1.165) is 12.8 Å². The number of hydrogen-bond acceptors (Lipinski definition) is 2. The van der Waals surface area contributed by atoms with Crippen molar-refractivity contribution in [3.05, 3.63) is 0 Å². The summed E-state index contributed by atoms with van der Waals surface area (Å²) in [6, 6.07) is 0.556. The number of rotatable bonds is 0. The molecule has 1 saturated heterocycles. The number of carbonyl (C=O) groups is 1. The van der Waals surface area contributed by atoms with Gasteiger partial charge in [-0.3, -0.25) is 4.79 Å². The van der Waals surface area contributed by atoms with Gasteiger partial charge in [-0.25, -0.2) is 4.42 Å². The van der Waals surface area contributed by atoms with Gasteiger partial charge in [0.05, 0.1) is 0 Å². The maximum Gasteiger partial charge on any atom is 0.139 e. The molecule has 0 aromatic heterocycles. The van der Waals surface area contributed by atoms with Gasteiger partial charge in [0.25, 0.3) is 0 Å². The molecule has 0 spiro atoms. The summed E-state index contributed by atoms with van der Waals surface area (Å²) < 4.78 is 1.89. The van der Waals surface area contributed by atoms with E-state index in [1.807, 2.05) is 11.3 Å². The van der Waals surface area contributed by atoms with Crippen molar-refractivity contribution in [2.24, 2.45) is 5.92 Å². The average molecular weight is 202 g/mol. The number of Topliss-reactive ketones (excluding diaryl/α,β-unsaturated/α-hetero) is 1. The Morgan fingerprint density at radius 3 is 2.85 bits per heavy atom. The smallest absolute Gasteiger partial charge is 0.139 e. The van der Waals surface area contributed by atoms with Gasteiger partial charge in [-0.15, -0.1) is 0 Å². The lowest BCUT2D eigenvalue weighted by Crippen LogP contribution is -2.50. The summed E-state index contributed by atoms with van der Waals surface area (Å²) in [4.78, 5) is 11.7. The first-order valence-corrected chi connectivity index (χ1v) is 5.51.